The van der Waals surface area contributed by atoms with E-state index >= 15 is 0 Å². The SMILES string of the molecule is O=C(Nc1nc2ccc(NS(=O)(=O)c3cccc(F)c3)cc2s1)c1ccc[nH]1. The molecule has 2 aromatic carbocycles. The lowest BCUT2D eigenvalue weighted by molar-refractivity contribution is 0.102. The highest BCUT2D eigenvalue weighted by Crippen LogP contribution is 2.29. The van der Waals surface area contributed by atoms with Gasteiger partial charge in [0.2, 0.25) is 0 Å². The Kier molecular flexibility index (Phi) is 4.57. The van der Waals surface area contributed by atoms with Crippen LogP contribution in [0.2, 0.25) is 0 Å². The molecule has 3 N–H and O–H groups in total. The lowest BCUT2D eigenvalue weighted by Gasteiger charge is -2.08. The Balaban J connectivity index is 1.57. The minimum Gasteiger partial charge on any atom is -0.357 e. The number of amides is 1. The number of nitrogens with one attached hydrogen (secondary N) is 3. The van der Waals surface area contributed by atoms with Gasteiger partial charge in [-0.05, 0) is 48.5 Å². The quantitative estimate of drug-likeness (QED) is 0.460. The number of sulfonamides is 1. The van der Waals surface area contributed by atoms with E-state index in [1.807, 2.05) is 0 Å². The number of benzene rings is 2. The Morgan fingerprint density at radius 3 is 2.71 bits per heavy atom. The lowest BCUT2D eigenvalue weighted by atomic mass is 10.3. The van der Waals surface area contributed by atoms with Crippen molar-refractivity contribution in [3.8, 4) is 0 Å². The van der Waals surface area contributed by atoms with E-state index in [1.165, 1.54) is 29.5 Å². The number of carbonyl (C=O) groups excluding carboxylic acids is 1. The van der Waals surface area contributed by atoms with Crippen molar-refractivity contribution < 1.29 is 17.6 Å². The van der Waals surface area contributed by atoms with E-state index in [1.54, 1.807) is 36.5 Å². The molecule has 2 heterocycles. The molecule has 4 aromatic rings. The predicted molar refractivity (Wildman–Crippen MR) is 106 cm³/mol. The molecule has 2 aromatic heterocycles. The first-order valence-corrected chi connectivity index (χ1v) is 10.3. The fourth-order valence-corrected chi connectivity index (χ4v) is 4.51. The van der Waals surface area contributed by atoms with Gasteiger partial charge in [-0.2, -0.15) is 0 Å². The molecule has 0 spiro atoms. The highest BCUT2D eigenvalue weighted by atomic mass is 32.2. The first-order chi connectivity index (χ1) is 13.4. The molecule has 0 atom stereocenters. The van der Waals surface area contributed by atoms with Crippen molar-refractivity contribution in [2.24, 2.45) is 0 Å². The van der Waals surface area contributed by atoms with Gasteiger partial charge in [0.25, 0.3) is 15.9 Å². The minimum atomic E-state index is -3.93. The van der Waals surface area contributed by atoms with E-state index in [0.717, 1.165) is 6.07 Å². The standard InChI is InChI=1S/C18H13FN4O3S2/c19-11-3-1-4-13(9-11)28(25,26)23-12-6-7-14-16(10-12)27-18(21-14)22-17(24)15-5-2-8-20-15/h1-10,20,23H,(H,21,22,24). The van der Waals surface area contributed by atoms with Crippen LogP contribution in [0, 0.1) is 5.82 Å². The van der Waals surface area contributed by atoms with E-state index < -0.39 is 15.8 Å². The van der Waals surface area contributed by atoms with Crippen molar-refractivity contribution in [1.82, 2.24) is 9.97 Å². The molecule has 0 saturated heterocycles. The third-order valence-corrected chi connectivity index (χ3v) is 6.12. The number of carbonyl (C=O) groups is 1. The van der Waals surface area contributed by atoms with Crippen molar-refractivity contribution in [2.45, 2.75) is 4.90 Å². The molecule has 10 heteroatoms. The summed E-state index contributed by atoms with van der Waals surface area (Å²) in [5.74, 6) is -0.959. The number of nitrogens with zero attached hydrogens (tertiary/aromatic N) is 1. The van der Waals surface area contributed by atoms with Crippen LogP contribution >= 0.6 is 11.3 Å². The molecule has 0 aliphatic heterocycles. The second-order valence-electron chi connectivity index (χ2n) is 5.80. The van der Waals surface area contributed by atoms with Crippen LogP contribution < -0.4 is 10.0 Å². The highest BCUT2D eigenvalue weighted by molar-refractivity contribution is 7.92. The molecule has 0 saturated carbocycles. The average Bonchev–Trinajstić information content (AvgIpc) is 3.30. The van der Waals surface area contributed by atoms with Gasteiger partial charge < -0.3 is 4.98 Å². The van der Waals surface area contributed by atoms with E-state index in [2.05, 4.69) is 20.0 Å². The molecule has 0 aliphatic rings. The Labute approximate surface area is 163 Å². The zero-order valence-corrected chi connectivity index (χ0v) is 15.8. The fraction of sp³-hybridized carbons (Fsp3) is 0. The first kappa shape index (κ1) is 18.1. The zero-order valence-electron chi connectivity index (χ0n) is 14.1. The van der Waals surface area contributed by atoms with E-state index in [-0.39, 0.29) is 10.8 Å². The third kappa shape index (κ3) is 3.73. The second kappa shape index (κ2) is 7.06. The Bertz CT molecular complexity index is 1270. The van der Waals surface area contributed by atoms with Crippen LogP contribution in [0.5, 0.6) is 0 Å². The molecule has 0 unspecified atom stereocenters. The van der Waals surface area contributed by atoms with Gasteiger partial charge >= 0.3 is 0 Å². The number of aromatic nitrogens is 2. The summed E-state index contributed by atoms with van der Waals surface area (Å²) in [6.07, 6.45) is 1.64. The van der Waals surface area contributed by atoms with Gasteiger partial charge in [0.1, 0.15) is 11.5 Å². The van der Waals surface area contributed by atoms with Gasteiger partial charge in [-0.3, -0.25) is 14.8 Å². The number of thiazole rings is 1. The number of H-pyrrole nitrogens is 1. The van der Waals surface area contributed by atoms with Crippen LogP contribution in [0.3, 0.4) is 0 Å². The molecule has 1 amide bonds. The molecular formula is C18H13FN4O3S2. The van der Waals surface area contributed by atoms with Crippen molar-refractivity contribution in [2.75, 3.05) is 10.0 Å². The molecule has 0 fully saturated rings. The van der Waals surface area contributed by atoms with Gasteiger partial charge in [-0.25, -0.2) is 17.8 Å². The Morgan fingerprint density at radius 1 is 1.11 bits per heavy atom. The summed E-state index contributed by atoms with van der Waals surface area (Å²) >= 11 is 1.21. The lowest BCUT2D eigenvalue weighted by Crippen LogP contribution is -2.13. The normalized spacial score (nSPS) is 11.5. The molecule has 0 aliphatic carbocycles. The fourth-order valence-electron chi connectivity index (χ4n) is 2.53. The number of anilines is 2. The maximum absolute atomic E-state index is 13.3. The molecule has 0 radical (unpaired) electrons. The molecule has 0 bridgehead atoms. The number of hydrogen-bond acceptors (Lipinski definition) is 5. The highest BCUT2D eigenvalue weighted by Gasteiger charge is 2.16. The van der Waals surface area contributed by atoms with Gasteiger partial charge in [0.05, 0.1) is 20.8 Å². The van der Waals surface area contributed by atoms with Crippen LogP contribution in [0.4, 0.5) is 15.2 Å². The summed E-state index contributed by atoms with van der Waals surface area (Å²) in [7, 11) is -3.93. The largest absolute Gasteiger partial charge is 0.357 e. The topological polar surface area (TPSA) is 104 Å². The maximum atomic E-state index is 13.3. The summed E-state index contributed by atoms with van der Waals surface area (Å²) in [4.78, 5) is 19.0. The summed E-state index contributed by atoms with van der Waals surface area (Å²) < 4.78 is 41.3. The Hall–Kier alpha value is -3.24. The zero-order chi connectivity index (χ0) is 19.7. The third-order valence-electron chi connectivity index (χ3n) is 3.81. The molecular weight excluding hydrogens is 403 g/mol. The molecule has 7 nitrogen and oxygen atoms in total. The summed E-state index contributed by atoms with van der Waals surface area (Å²) in [6.45, 7) is 0. The van der Waals surface area contributed by atoms with Crippen LogP contribution in [0.15, 0.2) is 65.7 Å². The summed E-state index contributed by atoms with van der Waals surface area (Å²) in [5.41, 5.74) is 1.32. The van der Waals surface area contributed by atoms with Crippen molar-refractivity contribution in [3.63, 3.8) is 0 Å². The number of halogens is 1. The van der Waals surface area contributed by atoms with E-state index in [9.17, 15) is 17.6 Å². The van der Waals surface area contributed by atoms with Gasteiger partial charge in [-0.1, -0.05) is 17.4 Å². The average molecular weight is 416 g/mol. The molecule has 28 heavy (non-hydrogen) atoms. The van der Waals surface area contributed by atoms with Crippen molar-refractivity contribution in [3.05, 3.63) is 72.3 Å². The van der Waals surface area contributed by atoms with Crippen molar-refractivity contribution >= 4 is 48.3 Å². The van der Waals surface area contributed by atoms with E-state index in [0.29, 0.717) is 26.7 Å². The second-order valence-corrected chi connectivity index (χ2v) is 8.52. The number of rotatable bonds is 5. The molecule has 142 valence electrons. The van der Waals surface area contributed by atoms with Crippen LogP contribution in [0.1, 0.15) is 10.5 Å². The van der Waals surface area contributed by atoms with Gasteiger partial charge in [-0.15, -0.1) is 0 Å². The smallest absolute Gasteiger partial charge is 0.273 e. The maximum Gasteiger partial charge on any atom is 0.273 e. The van der Waals surface area contributed by atoms with Crippen molar-refractivity contribution in [1.29, 1.82) is 0 Å². The summed E-state index contributed by atoms with van der Waals surface area (Å²) in [5, 5.41) is 3.08. The van der Waals surface area contributed by atoms with Gasteiger partial charge in [0.15, 0.2) is 5.13 Å². The minimum absolute atomic E-state index is 0.171. The first-order valence-electron chi connectivity index (χ1n) is 8.04. The number of fused-ring (bicyclic) bond motifs is 1. The van der Waals surface area contributed by atoms with E-state index in [4.69, 9.17) is 0 Å². The van der Waals surface area contributed by atoms with Crippen LogP contribution in [-0.4, -0.2) is 24.3 Å². The monoisotopic (exact) mass is 416 g/mol. The number of aromatic amines is 1. The molecule has 4 rings (SSSR count). The van der Waals surface area contributed by atoms with Crippen LogP contribution in [-0.2, 0) is 10.0 Å². The van der Waals surface area contributed by atoms with Crippen LogP contribution in [0.25, 0.3) is 10.2 Å². The van der Waals surface area contributed by atoms with Gasteiger partial charge in [0, 0.05) is 6.20 Å². The summed E-state index contributed by atoms with van der Waals surface area (Å²) in [6, 6.07) is 12.9. The Morgan fingerprint density at radius 2 is 1.96 bits per heavy atom. The predicted octanol–water partition coefficient (Wildman–Crippen LogP) is 3.82. The number of hydrogen-bond donors (Lipinski definition) is 3.